The molecule has 2 rings (SSSR count). The maximum atomic E-state index is 14.4. The average molecular weight is 422 g/mol. The summed E-state index contributed by atoms with van der Waals surface area (Å²) in [6.45, 7) is 2.00. The molecular formula is C15H13Br2ClFN. The van der Waals surface area contributed by atoms with Crippen molar-refractivity contribution in [2.24, 2.45) is 0 Å². The van der Waals surface area contributed by atoms with Gasteiger partial charge < -0.3 is 5.32 Å². The number of aryl methyl sites for hydroxylation is 1. The standard InChI is InChI=1S/C15H13Br2ClFN/c1-8-3-4-9(16)7-11(8)15(20-2)10-5-6-12(17)13(18)14(10)19/h3-7,15,20H,1-2H3. The zero-order valence-corrected chi connectivity index (χ0v) is 14.9. The summed E-state index contributed by atoms with van der Waals surface area (Å²) >= 11 is 12.7. The van der Waals surface area contributed by atoms with Gasteiger partial charge in [-0.25, -0.2) is 4.39 Å². The number of rotatable bonds is 3. The van der Waals surface area contributed by atoms with Gasteiger partial charge in [-0.15, -0.1) is 0 Å². The lowest BCUT2D eigenvalue weighted by Crippen LogP contribution is -2.20. The third-order valence-electron chi connectivity index (χ3n) is 3.22. The van der Waals surface area contributed by atoms with Crippen LogP contribution in [0.1, 0.15) is 22.7 Å². The highest BCUT2D eigenvalue weighted by Crippen LogP contribution is 2.34. The molecule has 0 saturated carbocycles. The fourth-order valence-corrected chi connectivity index (χ4v) is 3.02. The van der Waals surface area contributed by atoms with E-state index in [1.54, 1.807) is 19.2 Å². The smallest absolute Gasteiger partial charge is 0.148 e. The molecule has 2 aromatic rings. The zero-order valence-electron chi connectivity index (χ0n) is 11.0. The highest BCUT2D eigenvalue weighted by Gasteiger charge is 2.21. The van der Waals surface area contributed by atoms with Crippen molar-refractivity contribution in [3.8, 4) is 0 Å². The van der Waals surface area contributed by atoms with E-state index in [4.69, 9.17) is 11.6 Å². The number of benzene rings is 2. The van der Waals surface area contributed by atoms with Gasteiger partial charge in [0, 0.05) is 14.5 Å². The molecule has 0 aliphatic rings. The largest absolute Gasteiger partial charge is 0.309 e. The van der Waals surface area contributed by atoms with Crippen molar-refractivity contribution in [3.63, 3.8) is 0 Å². The molecule has 1 N–H and O–H groups in total. The van der Waals surface area contributed by atoms with Crippen LogP contribution in [0, 0.1) is 12.7 Å². The third-order valence-corrected chi connectivity index (χ3v) is 4.97. The van der Waals surface area contributed by atoms with Crippen LogP contribution in [0.15, 0.2) is 39.3 Å². The number of halogens is 4. The molecule has 0 aliphatic carbocycles. The Morgan fingerprint density at radius 3 is 2.50 bits per heavy atom. The van der Waals surface area contributed by atoms with Gasteiger partial charge in [0.1, 0.15) is 5.82 Å². The number of hydrogen-bond acceptors (Lipinski definition) is 1. The molecule has 0 aliphatic heterocycles. The lowest BCUT2D eigenvalue weighted by atomic mass is 9.95. The van der Waals surface area contributed by atoms with Crippen LogP contribution in [0.2, 0.25) is 5.02 Å². The molecule has 2 aromatic carbocycles. The van der Waals surface area contributed by atoms with Gasteiger partial charge in [0.2, 0.25) is 0 Å². The first-order valence-electron chi connectivity index (χ1n) is 6.02. The van der Waals surface area contributed by atoms with Crippen LogP contribution < -0.4 is 5.32 Å². The van der Waals surface area contributed by atoms with Gasteiger partial charge in [-0.05, 0) is 59.2 Å². The average Bonchev–Trinajstić information content (AvgIpc) is 2.43. The van der Waals surface area contributed by atoms with Crippen LogP contribution in [0.5, 0.6) is 0 Å². The van der Waals surface area contributed by atoms with Crippen molar-refractivity contribution in [1.82, 2.24) is 5.32 Å². The normalized spacial score (nSPS) is 12.5. The molecule has 1 unspecified atom stereocenters. The van der Waals surface area contributed by atoms with E-state index in [9.17, 15) is 4.39 Å². The van der Waals surface area contributed by atoms with Gasteiger partial charge in [-0.3, -0.25) is 0 Å². The van der Waals surface area contributed by atoms with Crippen LogP contribution in [-0.4, -0.2) is 7.05 Å². The van der Waals surface area contributed by atoms with Crippen LogP contribution in [0.25, 0.3) is 0 Å². The second-order valence-corrected chi connectivity index (χ2v) is 6.64. The predicted octanol–water partition coefficient (Wildman–Crippen LogP) is 5.62. The van der Waals surface area contributed by atoms with Crippen molar-refractivity contribution < 1.29 is 4.39 Å². The maximum absolute atomic E-state index is 14.4. The van der Waals surface area contributed by atoms with E-state index < -0.39 is 5.82 Å². The minimum atomic E-state index is -0.403. The molecule has 0 aromatic heterocycles. The van der Waals surface area contributed by atoms with E-state index in [0.29, 0.717) is 10.0 Å². The fourth-order valence-electron chi connectivity index (χ4n) is 2.16. The van der Waals surface area contributed by atoms with E-state index in [1.165, 1.54) is 0 Å². The maximum Gasteiger partial charge on any atom is 0.148 e. The van der Waals surface area contributed by atoms with Crippen molar-refractivity contribution in [2.75, 3.05) is 7.05 Å². The summed E-state index contributed by atoms with van der Waals surface area (Å²) in [5, 5.41) is 3.26. The summed E-state index contributed by atoms with van der Waals surface area (Å²) in [5.74, 6) is -0.403. The highest BCUT2D eigenvalue weighted by molar-refractivity contribution is 9.10. The minimum Gasteiger partial charge on any atom is -0.309 e. The lowest BCUT2D eigenvalue weighted by Gasteiger charge is -2.21. The third kappa shape index (κ3) is 3.08. The van der Waals surface area contributed by atoms with Gasteiger partial charge in [-0.2, -0.15) is 0 Å². The summed E-state index contributed by atoms with van der Waals surface area (Å²) in [6.07, 6.45) is 0. The molecule has 20 heavy (non-hydrogen) atoms. The summed E-state index contributed by atoms with van der Waals surface area (Å²) < 4.78 is 15.9. The second-order valence-electron chi connectivity index (χ2n) is 4.49. The summed E-state index contributed by atoms with van der Waals surface area (Å²) in [4.78, 5) is 0. The Kier molecular flexibility index (Phi) is 5.24. The van der Waals surface area contributed by atoms with Gasteiger partial charge >= 0.3 is 0 Å². The summed E-state index contributed by atoms with van der Waals surface area (Å²) in [6, 6.07) is 9.22. The molecule has 0 saturated heterocycles. The summed E-state index contributed by atoms with van der Waals surface area (Å²) in [7, 11) is 1.81. The lowest BCUT2D eigenvalue weighted by molar-refractivity contribution is 0.575. The van der Waals surface area contributed by atoms with E-state index in [-0.39, 0.29) is 11.1 Å². The Morgan fingerprint density at radius 2 is 1.85 bits per heavy atom. The van der Waals surface area contributed by atoms with Gasteiger partial charge in [0.15, 0.2) is 0 Å². The van der Waals surface area contributed by atoms with Crippen LogP contribution >= 0.6 is 43.5 Å². The SMILES string of the molecule is CNC(c1cc(Br)ccc1C)c1ccc(Br)c(Cl)c1F. The van der Waals surface area contributed by atoms with Gasteiger partial charge in [0.25, 0.3) is 0 Å². The molecule has 0 spiro atoms. The Morgan fingerprint density at radius 1 is 1.15 bits per heavy atom. The highest BCUT2D eigenvalue weighted by atomic mass is 79.9. The first-order valence-corrected chi connectivity index (χ1v) is 7.98. The predicted molar refractivity (Wildman–Crippen MR) is 88.9 cm³/mol. The molecule has 106 valence electrons. The molecule has 0 amide bonds. The summed E-state index contributed by atoms with van der Waals surface area (Å²) in [5.41, 5.74) is 2.63. The Bertz CT molecular complexity index is 646. The van der Waals surface area contributed by atoms with Crippen molar-refractivity contribution in [1.29, 1.82) is 0 Å². The van der Waals surface area contributed by atoms with E-state index in [2.05, 4.69) is 37.2 Å². The molecule has 5 heteroatoms. The Labute approximate surface area is 139 Å². The molecule has 0 bridgehead atoms. The minimum absolute atomic E-state index is 0.107. The zero-order chi connectivity index (χ0) is 14.9. The fraction of sp³-hybridized carbons (Fsp3) is 0.200. The van der Waals surface area contributed by atoms with E-state index >= 15 is 0 Å². The van der Waals surface area contributed by atoms with Crippen molar-refractivity contribution >= 4 is 43.5 Å². The first kappa shape index (κ1) is 16.0. The van der Waals surface area contributed by atoms with Gasteiger partial charge in [-0.1, -0.05) is 39.7 Å². The number of hydrogen-bond donors (Lipinski definition) is 1. The number of nitrogens with one attached hydrogen (secondary N) is 1. The second kappa shape index (κ2) is 6.56. The van der Waals surface area contributed by atoms with Crippen LogP contribution in [-0.2, 0) is 0 Å². The Balaban J connectivity index is 2.58. The molecule has 0 radical (unpaired) electrons. The van der Waals surface area contributed by atoms with Crippen molar-refractivity contribution in [2.45, 2.75) is 13.0 Å². The van der Waals surface area contributed by atoms with Crippen molar-refractivity contribution in [3.05, 3.63) is 66.8 Å². The van der Waals surface area contributed by atoms with Gasteiger partial charge in [0.05, 0.1) is 11.1 Å². The van der Waals surface area contributed by atoms with E-state index in [0.717, 1.165) is 15.6 Å². The monoisotopic (exact) mass is 419 g/mol. The van der Waals surface area contributed by atoms with E-state index in [1.807, 2.05) is 25.1 Å². The molecule has 1 nitrogen and oxygen atoms in total. The molecule has 0 heterocycles. The van der Waals surface area contributed by atoms with Crippen LogP contribution in [0.3, 0.4) is 0 Å². The quantitative estimate of drug-likeness (QED) is 0.634. The molecule has 1 atom stereocenters. The first-order chi connectivity index (χ1) is 9.45. The topological polar surface area (TPSA) is 12.0 Å². The molecule has 0 fully saturated rings. The Hall–Kier alpha value is -0.420. The van der Waals surface area contributed by atoms with Crippen LogP contribution in [0.4, 0.5) is 4.39 Å². The molecular weight excluding hydrogens is 408 g/mol.